The van der Waals surface area contributed by atoms with Crippen LogP contribution < -0.4 is 5.32 Å². The Kier molecular flexibility index (Phi) is 6.41. The van der Waals surface area contributed by atoms with Crippen molar-refractivity contribution in [3.05, 3.63) is 12.2 Å². The Hall–Kier alpha value is -0.870. The summed E-state index contributed by atoms with van der Waals surface area (Å²) >= 11 is 0. The maximum absolute atomic E-state index is 10.6. The molecule has 0 aromatic rings. The molecule has 1 saturated carbocycles. The van der Waals surface area contributed by atoms with Crippen molar-refractivity contribution >= 4 is 6.41 Å². The van der Waals surface area contributed by atoms with Crippen molar-refractivity contribution in [2.75, 3.05) is 7.11 Å². The van der Waals surface area contributed by atoms with Gasteiger partial charge in [-0.15, -0.1) is 0 Å². The molecule has 4 heteroatoms. The molecule has 2 atom stereocenters. The van der Waals surface area contributed by atoms with Gasteiger partial charge in [-0.05, 0) is 58.3 Å². The Morgan fingerprint density at radius 1 is 1.33 bits per heavy atom. The number of rotatable bonds is 7. The van der Waals surface area contributed by atoms with Gasteiger partial charge >= 0.3 is 0 Å². The van der Waals surface area contributed by atoms with Gasteiger partial charge in [-0.2, -0.15) is 0 Å². The third-order valence-electron chi connectivity index (χ3n) is 4.82. The molecule has 21 heavy (non-hydrogen) atoms. The summed E-state index contributed by atoms with van der Waals surface area (Å²) in [6, 6.07) is 0. The standard InChI is InChI=1S/C17H31NO3/c1-13(6-7-15(21-5)16(2,3)20)14-8-10-17(4,11-9-14)18-12-19/h6-7,12-15,20H,8-11H2,1-5H3,(H,18,19). The molecule has 1 rings (SSSR count). The predicted molar refractivity (Wildman–Crippen MR) is 85.0 cm³/mol. The number of allylic oxidation sites excluding steroid dienone is 1. The van der Waals surface area contributed by atoms with E-state index >= 15 is 0 Å². The van der Waals surface area contributed by atoms with E-state index in [9.17, 15) is 9.90 Å². The molecule has 0 aromatic heterocycles. The molecule has 1 aliphatic rings. The van der Waals surface area contributed by atoms with Crippen LogP contribution in [0.4, 0.5) is 0 Å². The monoisotopic (exact) mass is 297 g/mol. The average molecular weight is 297 g/mol. The summed E-state index contributed by atoms with van der Waals surface area (Å²) in [6.07, 6.45) is 8.93. The van der Waals surface area contributed by atoms with Gasteiger partial charge in [0.25, 0.3) is 0 Å². The molecule has 0 radical (unpaired) electrons. The number of amides is 1. The molecule has 0 aromatic carbocycles. The number of methoxy groups -OCH3 is 1. The number of ether oxygens (including phenoxy) is 1. The Bertz CT molecular complexity index is 352. The Morgan fingerprint density at radius 2 is 1.90 bits per heavy atom. The van der Waals surface area contributed by atoms with E-state index in [-0.39, 0.29) is 11.6 Å². The second-order valence-electron chi connectivity index (χ2n) is 7.21. The van der Waals surface area contributed by atoms with Crippen LogP contribution in [0.1, 0.15) is 53.4 Å². The normalized spacial score (nSPS) is 30.1. The Balaban J connectivity index is 2.54. The number of carbonyl (C=O) groups is 1. The van der Waals surface area contributed by atoms with Crippen molar-refractivity contribution in [1.82, 2.24) is 5.32 Å². The molecule has 1 fully saturated rings. The van der Waals surface area contributed by atoms with Crippen LogP contribution in [-0.2, 0) is 9.53 Å². The van der Waals surface area contributed by atoms with E-state index in [1.54, 1.807) is 21.0 Å². The molecule has 122 valence electrons. The molecular formula is C17H31NO3. The largest absolute Gasteiger partial charge is 0.387 e. The SMILES string of the molecule is COC(C=CC(C)C1CCC(C)(NC=O)CC1)C(C)(C)O. The highest BCUT2D eigenvalue weighted by Gasteiger charge is 2.32. The van der Waals surface area contributed by atoms with Crippen LogP contribution in [0.25, 0.3) is 0 Å². The van der Waals surface area contributed by atoms with Crippen molar-refractivity contribution in [3.8, 4) is 0 Å². The number of carbonyl (C=O) groups excluding carboxylic acids is 1. The van der Waals surface area contributed by atoms with Crippen LogP contribution in [0.2, 0.25) is 0 Å². The summed E-state index contributed by atoms with van der Waals surface area (Å²) in [5, 5.41) is 13.0. The van der Waals surface area contributed by atoms with Crippen LogP contribution in [0.5, 0.6) is 0 Å². The van der Waals surface area contributed by atoms with Gasteiger partial charge in [0.15, 0.2) is 0 Å². The van der Waals surface area contributed by atoms with Gasteiger partial charge in [0.2, 0.25) is 6.41 Å². The first-order valence-corrected chi connectivity index (χ1v) is 7.86. The van der Waals surface area contributed by atoms with E-state index in [2.05, 4.69) is 25.2 Å². The average Bonchev–Trinajstić information content (AvgIpc) is 2.38. The summed E-state index contributed by atoms with van der Waals surface area (Å²) in [6.45, 7) is 7.85. The molecule has 1 aliphatic carbocycles. The van der Waals surface area contributed by atoms with Gasteiger partial charge in [0, 0.05) is 12.6 Å². The summed E-state index contributed by atoms with van der Waals surface area (Å²) in [5.74, 6) is 1.08. The molecule has 2 unspecified atom stereocenters. The maximum atomic E-state index is 10.6. The van der Waals surface area contributed by atoms with Crippen molar-refractivity contribution < 1.29 is 14.6 Å². The molecule has 0 bridgehead atoms. The predicted octanol–water partition coefficient (Wildman–Crippen LogP) is 2.66. The van der Waals surface area contributed by atoms with Gasteiger partial charge in [-0.1, -0.05) is 19.1 Å². The minimum Gasteiger partial charge on any atom is -0.387 e. The molecular weight excluding hydrogens is 266 g/mol. The second-order valence-corrected chi connectivity index (χ2v) is 7.21. The first kappa shape index (κ1) is 18.2. The highest BCUT2D eigenvalue weighted by molar-refractivity contribution is 5.47. The van der Waals surface area contributed by atoms with Gasteiger partial charge in [-0.25, -0.2) is 0 Å². The van der Waals surface area contributed by atoms with Crippen molar-refractivity contribution in [2.45, 2.75) is 70.6 Å². The molecule has 1 amide bonds. The lowest BCUT2D eigenvalue weighted by atomic mass is 9.73. The van der Waals surface area contributed by atoms with Crippen molar-refractivity contribution in [1.29, 1.82) is 0 Å². The van der Waals surface area contributed by atoms with Crippen LogP contribution in [0.3, 0.4) is 0 Å². The first-order valence-electron chi connectivity index (χ1n) is 7.86. The topological polar surface area (TPSA) is 58.6 Å². The van der Waals surface area contributed by atoms with E-state index in [0.717, 1.165) is 32.1 Å². The Labute approximate surface area is 129 Å². The van der Waals surface area contributed by atoms with E-state index in [1.165, 1.54) is 0 Å². The highest BCUT2D eigenvalue weighted by atomic mass is 16.5. The number of aliphatic hydroxyl groups is 1. The van der Waals surface area contributed by atoms with E-state index < -0.39 is 5.60 Å². The number of hydrogen-bond donors (Lipinski definition) is 2. The van der Waals surface area contributed by atoms with E-state index in [4.69, 9.17) is 4.74 Å². The van der Waals surface area contributed by atoms with Gasteiger partial charge in [0.05, 0.1) is 5.60 Å². The number of hydrogen-bond acceptors (Lipinski definition) is 3. The zero-order valence-electron chi connectivity index (χ0n) is 14.1. The summed E-state index contributed by atoms with van der Waals surface area (Å²) < 4.78 is 5.33. The lowest BCUT2D eigenvalue weighted by molar-refractivity contribution is -0.111. The van der Waals surface area contributed by atoms with Crippen molar-refractivity contribution in [3.63, 3.8) is 0 Å². The lowest BCUT2D eigenvalue weighted by Gasteiger charge is -2.38. The second kappa shape index (κ2) is 7.41. The summed E-state index contributed by atoms with van der Waals surface area (Å²) in [7, 11) is 1.62. The smallest absolute Gasteiger partial charge is 0.207 e. The van der Waals surface area contributed by atoms with E-state index in [1.807, 2.05) is 6.08 Å². The van der Waals surface area contributed by atoms with Crippen LogP contribution in [0, 0.1) is 11.8 Å². The minimum atomic E-state index is -0.871. The fourth-order valence-corrected chi connectivity index (χ4v) is 3.13. The number of nitrogens with one attached hydrogen (secondary N) is 1. The van der Waals surface area contributed by atoms with Crippen LogP contribution in [-0.4, -0.2) is 35.9 Å². The zero-order valence-corrected chi connectivity index (χ0v) is 14.1. The maximum Gasteiger partial charge on any atom is 0.207 e. The quantitative estimate of drug-likeness (QED) is 0.561. The van der Waals surface area contributed by atoms with Gasteiger partial charge in [-0.3, -0.25) is 4.79 Å². The molecule has 4 nitrogen and oxygen atoms in total. The molecule has 0 saturated heterocycles. The molecule has 2 N–H and O–H groups in total. The Morgan fingerprint density at radius 3 is 2.33 bits per heavy atom. The molecule has 0 heterocycles. The minimum absolute atomic E-state index is 0.0379. The van der Waals surface area contributed by atoms with Gasteiger partial charge < -0.3 is 15.2 Å². The molecule has 0 spiro atoms. The highest BCUT2D eigenvalue weighted by Crippen LogP contribution is 2.36. The van der Waals surface area contributed by atoms with Crippen molar-refractivity contribution in [2.24, 2.45) is 11.8 Å². The first-order chi connectivity index (χ1) is 9.72. The summed E-state index contributed by atoms with van der Waals surface area (Å²) in [5.41, 5.74) is -0.909. The summed E-state index contributed by atoms with van der Waals surface area (Å²) in [4.78, 5) is 10.6. The van der Waals surface area contributed by atoms with Crippen LogP contribution >= 0.6 is 0 Å². The fourth-order valence-electron chi connectivity index (χ4n) is 3.13. The zero-order chi connectivity index (χ0) is 16.1. The third-order valence-corrected chi connectivity index (χ3v) is 4.82. The van der Waals surface area contributed by atoms with Crippen LogP contribution in [0.15, 0.2) is 12.2 Å². The van der Waals surface area contributed by atoms with Gasteiger partial charge in [0.1, 0.15) is 6.10 Å². The fraction of sp³-hybridized carbons (Fsp3) is 0.824. The van der Waals surface area contributed by atoms with E-state index in [0.29, 0.717) is 11.8 Å². The lowest BCUT2D eigenvalue weighted by Crippen LogP contribution is -2.45. The third kappa shape index (κ3) is 5.44. The molecule has 0 aliphatic heterocycles.